The van der Waals surface area contributed by atoms with E-state index >= 15 is 0 Å². The fourth-order valence-corrected chi connectivity index (χ4v) is 3.55. The van der Waals surface area contributed by atoms with Crippen LogP contribution < -0.4 is 21.5 Å². The van der Waals surface area contributed by atoms with E-state index in [0.29, 0.717) is 28.6 Å². The molecule has 0 bridgehead atoms. The molecule has 2 amide bonds. The molecular weight excluding hydrogens is 360 g/mol. The Labute approximate surface area is 166 Å². The van der Waals surface area contributed by atoms with Crippen LogP contribution in [0.5, 0.6) is 0 Å². The van der Waals surface area contributed by atoms with Crippen LogP contribution in [-0.2, 0) is 4.79 Å². The predicted molar refractivity (Wildman–Crippen MR) is 111 cm³/mol. The number of hydrazine groups is 1. The molecular formula is C20H30N4O2S. The molecule has 6 nitrogen and oxygen atoms in total. The number of nitrogens with one attached hydrogen (secondary N) is 4. The normalized spacial score (nSPS) is 23.0. The van der Waals surface area contributed by atoms with Gasteiger partial charge in [0.2, 0.25) is 0 Å². The van der Waals surface area contributed by atoms with Crippen molar-refractivity contribution in [3.63, 3.8) is 0 Å². The Balaban J connectivity index is 1.77. The largest absolute Gasteiger partial charge is 0.358 e. The third-order valence-electron chi connectivity index (χ3n) is 5.34. The number of carbonyl (C=O) groups is 2. The Kier molecular flexibility index (Phi) is 7.59. The van der Waals surface area contributed by atoms with Gasteiger partial charge in [-0.3, -0.25) is 20.4 Å². The highest BCUT2D eigenvalue weighted by Gasteiger charge is 2.27. The van der Waals surface area contributed by atoms with Gasteiger partial charge in [0.15, 0.2) is 5.11 Å². The van der Waals surface area contributed by atoms with Gasteiger partial charge in [-0.2, -0.15) is 0 Å². The Morgan fingerprint density at radius 2 is 1.93 bits per heavy atom. The lowest BCUT2D eigenvalue weighted by Crippen LogP contribution is -2.55. The molecule has 1 aliphatic rings. The number of hydrogen-bond acceptors (Lipinski definition) is 3. The summed E-state index contributed by atoms with van der Waals surface area (Å²) in [6.45, 7) is 8.03. The molecule has 0 aromatic heterocycles. The molecule has 7 heteroatoms. The monoisotopic (exact) mass is 390 g/mol. The molecule has 0 spiro atoms. The van der Waals surface area contributed by atoms with Crippen molar-refractivity contribution in [3.8, 4) is 0 Å². The molecule has 4 N–H and O–H groups in total. The lowest BCUT2D eigenvalue weighted by atomic mass is 9.78. The maximum atomic E-state index is 12.2. The Hall–Kier alpha value is -2.15. The third-order valence-corrected chi connectivity index (χ3v) is 5.56. The topological polar surface area (TPSA) is 82.3 Å². The molecule has 0 radical (unpaired) electrons. The van der Waals surface area contributed by atoms with E-state index in [0.717, 1.165) is 12.0 Å². The van der Waals surface area contributed by atoms with Crippen LogP contribution in [0.25, 0.3) is 0 Å². The van der Waals surface area contributed by atoms with Crippen LogP contribution in [0.4, 0.5) is 0 Å². The molecule has 4 atom stereocenters. The average Bonchev–Trinajstić information content (AvgIpc) is 2.63. The maximum Gasteiger partial charge on any atom is 0.260 e. The van der Waals surface area contributed by atoms with Gasteiger partial charge >= 0.3 is 0 Å². The lowest BCUT2D eigenvalue weighted by molar-refractivity contribution is -0.123. The Bertz CT molecular complexity index is 694. The zero-order valence-corrected chi connectivity index (χ0v) is 17.3. The van der Waals surface area contributed by atoms with E-state index in [1.165, 1.54) is 12.8 Å². The first-order valence-electron chi connectivity index (χ1n) is 9.51. The molecule has 0 heterocycles. The summed E-state index contributed by atoms with van der Waals surface area (Å²) in [5.41, 5.74) is 6.81. The molecule has 1 aromatic carbocycles. The van der Waals surface area contributed by atoms with Crippen molar-refractivity contribution in [1.29, 1.82) is 0 Å². The quantitative estimate of drug-likeness (QED) is 0.469. The molecule has 0 aliphatic heterocycles. The van der Waals surface area contributed by atoms with Crippen LogP contribution >= 0.6 is 12.2 Å². The van der Waals surface area contributed by atoms with E-state index in [4.69, 9.17) is 12.2 Å². The third kappa shape index (κ3) is 6.20. The van der Waals surface area contributed by atoms with Gasteiger partial charge in [0, 0.05) is 11.6 Å². The zero-order chi connectivity index (χ0) is 20.0. The minimum Gasteiger partial charge on any atom is -0.358 e. The van der Waals surface area contributed by atoms with Crippen molar-refractivity contribution in [2.24, 2.45) is 11.8 Å². The second-order valence-corrected chi connectivity index (χ2v) is 7.93. The molecule has 1 saturated carbocycles. The molecule has 1 aliphatic carbocycles. The van der Waals surface area contributed by atoms with Crippen molar-refractivity contribution >= 4 is 29.1 Å². The summed E-state index contributed by atoms with van der Waals surface area (Å²) in [6, 6.07) is 6.85. The highest BCUT2D eigenvalue weighted by molar-refractivity contribution is 7.80. The van der Waals surface area contributed by atoms with E-state index in [1.54, 1.807) is 19.1 Å². The summed E-state index contributed by atoms with van der Waals surface area (Å²) in [6.07, 6.45) is 3.50. The van der Waals surface area contributed by atoms with Crippen molar-refractivity contribution in [3.05, 3.63) is 35.4 Å². The van der Waals surface area contributed by atoms with Crippen LogP contribution in [0.2, 0.25) is 0 Å². The van der Waals surface area contributed by atoms with Crippen molar-refractivity contribution in [1.82, 2.24) is 21.5 Å². The van der Waals surface area contributed by atoms with Crippen LogP contribution in [-0.4, -0.2) is 29.0 Å². The van der Waals surface area contributed by atoms with Gasteiger partial charge < -0.3 is 10.6 Å². The van der Waals surface area contributed by atoms with E-state index in [9.17, 15) is 9.59 Å². The average molecular weight is 391 g/mol. The minimum atomic E-state index is -0.693. The first-order chi connectivity index (χ1) is 12.8. The predicted octanol–water partition coefficient (Wildman–Crippen LogP) is 2.43. The smallest absolute Gasteiger partial charge is 0.260 e. The number of rotatable bonds is 4. The van der Waals surface area contributed by atoms with Crippen LogP contribution in [0.15, 0.2) is 24.3 Å². The van der Waals surface area contributed by atoms with Gasteiger partial charge in [-0.05, 0) is 56.5 Å². The highest BCUT2D eigenvalue weighted by atomic mass is 32.1. The number of amides is 2. The molecule has 148 valence electrons. The van der Waals surface area contributed by atoms with E-state index in [1.807, 2.05) is 19.1 Å². The van der Waals surface area contributed by atoms with Crippen LogP contribution in [0.1, 0.15) is 56.0 Å². The highest BCUT2D eigenvalue weighted by Crippen LogP contribution is 2.29. The maximum absolute atomic E-state index is 12.2. The first kappa shape index (κ1) is 21.2. The van der Waals surface area contributed by atoms with E-state index < -0.39 is 6.04 Å². The summed E-state index contributed by atoms with van der Waals surface area (Å²) in [5.74, 6) is 0.546. The first-order valence-corrected chi connectivity index (χ1v) is 9.92. The van der Waals surface area contributed by atoms with Gasteiger partial charge in [-0.25, -0.2) is 0 Å². The number of benzene rings is 1. The number of aryl methyl sites for hydroxylation is 1. The standard InChI is InChI=1S/C20H30N4O2S/c1-12-7-5-9-16(11-12)19(26)21-15(4)18(25)23-24-20(27)22-17-10-6-8-13(2)14(17)3/h5,7,9,11,13-15,17H,6,8,10H2,1-4H3,(H,21,26)(H,23,25)(H2,22,24,27)/t13-,14+,15+,17+/m1/s1. The second kappa shape index (κ2) is 9.69. The van der Waals surface area contributed by atoms with Crippen molar-refractivity contribution in [2.75, 3.05) is 0 Å². The second-order valence-electron chi connectivity index (χ2n) is 7.53. The summed E-state index contributed by atoms with van der Waals surface area (Å²) < 4.78 is 0. The number of thiocarbonyl (C=S) groups is 1. The lowest BCUT2D eigenvalue weighted by Gasteiger charge is -2.35. The van der Waals surface area contributed by atoms with Crippen molar-refractivity contribution in [2.45, 2.75) is 59.0 Å². The van der Waals surface area contributed by atoms with Crippen LogP contribution in [0.3, 0.4) is 0 Å². The number of hydrogen-bond donors (Lipinski definition) is 4. The van der Waals surface area contributed by atoms with Gasteiger partial charge in [-0.1, -0.05) is 44.4 Å². The van der Waals surface area contributed by atoms with Gasteiger partial charge in [0.05, 0.1) is 0 Å². The summed E-state index contributed by atoms with van der Waals surface area (Å²) in [5, 5.41) is 6.37. The summed E-state index contributed by atoms with van der Waals surface area (Å²) in [7, 11) is 0. The van der Waals surface area contributed by atoms with E-state index in [2.05, 4.69) is 35.3 Å². The van der Waals surface area contributed by atoms with Crippen LogP contribution in [0, 0.1) is 18.8 Å². The molecule has 1 aromatic rings. The van der Waals surface area contributed by atoms with Gasteiger partial charge in [0.25, 0.3) is 11.8 Å². The fraction of sp³-hybridized carbons (Fsp3) is 0.550. The van der Waals surface area contributed by atoms with Gasteiger partial charge in [0.1, 0.15) is 6.04 Å². The molecule has 27 heavy (non-hydrogen) atoms. The Morgan fingerprint density at radius 1 is 1.19 bits per heavy atom. The molecule has 0 saturated heterocycles. The minimum absolute atomic E-state index is 0.285. The number of carbonyl (C=O) groups excluding carboxylic acids is 2. The molecule has 2 rings (SSSR count). The SMILES string of the molecule is Cc1cccc(C(=O)N[C@@H](C)C(=O)NNC(=S)N[C@H]2CCC[C@@H](C)[C@@H]2C)c1. The van der Waals surface area contributed by atoms with Gasteiger partial charge in [-0.15, -0.1) is 0 Å². The summed E-state index contributed by atoms with van der Waals surface area (Å²) >= 11 is 5.29. The summed E-state index contributed by atoms with van der Waals surface area (Å²) in [4.78, 5) is 24.4. The zero-order valence-electron chi connectivity index (χ0n) is 16.5. The van der Waals surface area contributed by atoms with E-state index in [-0.39, 0.29) is 11.8 Å². The van der Waals surface area contributed by atoms with Crippen molar-refractivity contribution < 1.29 is 9.59 Å². The Morgan fingerprint density at radius 3 is 2.63 bits per heavy atom. The fourth-order valence-electron chi connectivity index (χ4n) is 3.35. The molecule has 1 fully saturated rings. The molecule has 0 unspecified atom stereocenters.